The van der Waals surface area contributed by atoms with Gasteiger partial charge in [0.05, 0.1) is 6.61 Å². The second-order valence-electron chi connectivity index (χ2n) is 9.53. The van der Waals surface area contributed by atoms with Crippen LogP contribution in [0.5, 0.6) is 0 Å². The Bertz CT molecular complexity index is 752. The summed E-state index contributed by atoms with van der Waals surface area (Å²) in [5, 5.41) is 2.55. The summed E-state index contributed by atoms with van der Waals surface area (Å²) < 4.78 is 21.4. The molecular formula is C24H32FNOSi. The number of halogens is 1. The van der Waals surface area contributed by atoms with E-state index in [9.17, 15) is 4.39 Å². The van der Waals surface area contributed by atoms with Gasteiger partial charge in [0.1, 0.15) is 6.17 Å². The normalized spacial score (nSPS) is 25.8. The summed E-state index contributed by atoms with van der Waals surface area (Å²) >= 11 is 0. The first kappa shape index (κ1) is 19.8. The lowest BCUT2D eigenvalue weighted by atomic mass is 9.95. The third-order valence-electron chi connectivity index (χ3n) is 6.74. The van der Waals surface area contributed by atoms with E-state index in [0.717, 1.165) is 19.4 Å². The summed E-state index contributed by atoms with van der Waals surface area (Å²) in [6, 6.07) is 21.5. The van der Waals surface area contributed by atoms with Gasteiger partial charge in [-0.15, -0.1) is 0 Å². The second kappa shape index (κ2) is 7.40. The summed E-state index contributed by atoms with van der Waals surface area (Å²) in [4.78, 5) is 2.36. The predicted molar refractivity (Wildman–Crippen MR) is 117 cm³/mol. The van der Waals surface area contributed by atoms with E-state index in [4.69, 9.17) is 4.43 Å². The van der Waals surface area contributed by atoms with Gasteiger partial charge in [0.2, 0.25) is 0 Å². The van der Waals surface area contributed by atoms with E-state index in [2.05, 4.69) is 86.3 Å². The first-order valence-electron chi connectivity index (χ1n) is 10.5. The molecule has 0 aliphatic carbocycles. The second-order valence-corrected chi connectivity index (χ2v) is 13.8. The molecule has 2 saturated heterocycles. The van der Waals surface area contributed by atoms with E-state index in [1.54, 1.807) is 0 Å². The van der Waals surface area contributed by atoms with Crippen LogP contribution in [0.2, 0.25) is 5.04 Å². The molecule has 0 bridgehead atoms. The van der Waals surface area contributed by atoms with Crippen LogP contribution in [0.3, 0.4) is 0 Å². The molecule has 2 heterocycles. The van der Waals surface area contributed by atoms with Crippen LogP contribution in [0, 0.1) is 0 Å². The molecule has 0 aromatic heterocycles. The van der Waals surface area contributed by atoms with Crippen LogP contribution in [-0.2, 0) is 4.43 Å². The van der Waals surface area contributed by atoms with Crippen molar-refractivity contribution in [2.45, 2.75) is 56.8 Å². The van der Waals surface area contributed by atoms with Gasteiger partial charge in [-0.25, -0.2) is 4.39 Å². The van der Waals surface area contributed by atoms with E-state index in [1.807, 2.05) is 0 Å². The fraction of sp³-hybridized carbons (Fsp3) is 0.500. The van der Waals surface area contributed by atoms with Crippen molar-refractivity contribution in [3.8, 4) is 0 Å². The molecule has 2 fully saturated rings. The first-order valence-corrected chi connectivity index (χ1v) is 12.4. The van der Waals surface area contributed by atoms with Crippen LogP contribution in [0.1, 0.15) is 40.0 Å². The predicted octanol–water partition coefficient (Wildman–Crippen LogP) is 4.14. The van der Waals surface area contributed by atoms with Crippen LogP contribution >= 0.6 is 0 Å². The van der Waals surface area contributed by atoms with Gasteiger partial charge in [-0.05, 0) is 34.8 Å². The van der Waals surface area contributed by atoms with Crippen molar-refractivity contribution in [1.82, 2.24) is 4.90 Å². The summed E-state index contributed by atoms with van der Waals surface area (Å²) in [5.41, 5.74) is -0.119. The summed E-state index contributed by atoms with van der Waals surface area (Å²) in [6.45, 7) is 9.11. The van der Waals surface area contributed by atoms with Crippen molar-refractivity contribution in [1.29, 1.82) is 0 Å². The van der Waals surface area contributed by atoms with Crippen LogP contribution < -0.4 is 10.4 Å². The monoisotopic (exact) mass is 397 g/mol. The molecule has 0 saturated carbocycles. The Hall–Kier alpha value is -1.49. The highest BCUT2D eigenvalue weighted by molar-refractivity contribution is 6.99. The van der Waals surface area contributed by atoms with E-state index in [0.29, 0.717) is 19.6 Å². The Kier molecular flexibility index (Phi) is 5.23. The zero-order valence-corrected chi connectivity index (χ0v) is 18.3. The van der Waals surface area contributed by atoms with Crippen molar-refractivity contribution >= 4 is 18.7 Å². The zero-order valence-electron chi connectivity index (χ0n) is 17.3. The molecule has 2 aliphatic heterocycles. The maximum atomic E-state index is 14.3. The van der Waals surface area contributed by atoms with Gasteiger partial charge in [-0.3, -0.25) is 4.90 Å². The fourth-order valence-electron chi connectivity index (χ4n) is 5.45. The molecule has 0 amide bonds. The quantitative estimate of drug-likeness (QED) is 0.703. The maximum Gasteiger partial charge on any atom is 0.261 e. The maximum absolute atomic E-state index is 14.3. The average molecular weight is 398 g/mol. The van der Waals surface area contributed by atoms with Gasteiger partial charge in [0, 0.05) is 18.5 Å². The third kappa shape index (κ3) is 3.25. The van der Waals surface area contributed by atoms with E-state index >= 15 is 0 Å². The van der Waals surface area contributed by atoms with Crippen LogP contribution in [0.15, 0.2) is 60.7 Å². The molecule has 150 valence electrons. The number of rotatable bonds is 5. The zero-order chi connectivity index (χ0) is 19.8. The molecule has 28 heavy (non-hydrogen) atoms. The summed E-state index contributed by atoms with van der Waals surface area (Å²) in [6.07, 6.45) is 2.09. The molecule has 2 nitrogen and oxygen atoms in total. The molecule has 2 atom stereocenters. The van der Waals surface area contributed by atoms with Crippen LogP contribution in [0.4, 0.5) is 4.39 Å². The molecule has 0 spiro atoms. The molecular weight excluding hydrogens is 365 g/mol. The molecule has 0 N–H and O–H groups in total. The number of hydrogen-bond acceptors (Lipinski definition) is 2. The number of hydrogen-bond donors (Lipinski definition) is 0. The Balaban J connectivity index is 1.77. The molecule has 2 aromatic rings. The largest absolute Gasteiger partial charge is 0.406 e. The van der Waals surface area contributed by atoms with E-state index < -0.39 is 14.5 Å². The fourth-order valence-corrected chi connectivity index (χ4v) is 10.1. The SMILES string of the molecule is CC(C)(C)[Si](OC[C@@]12CCCN1C[C@H](F)C2)(c1ccccc1)c1ccccc1. The van der Waals surface area contributed by atoms with Gasteiger partial charge in [0.15, 0.2) is 0 Å². The van der Waals surface area contributed by atoms with Crippen molar-refractivity contribution in [2.24, 2.45) is 0 Å². The van der Waals surface area contributed by atoms with Gasteiger partial charge in [-0.1, -0.05) is 81.4 Å². The number of nitrogens with zero attached hydrogens (tertiary/aromatic N) is 1. The topological polar surface area (TPSA) is 12.5 Å². The van der Waals surface area contributed by atoms with E-state index in [1.165, 1.54) is 10.4 Å². The van der Waals surface area contributed by atoms with Gasteiger partial charge < -0.3 is 4.43 Å². The summed E-state index contributed by atoms with van der Waals surface area (Å²) in [7, 11) is -2.55. The highest BCUT2D eigenvalue weighted by Crippen LogP contribution is 2.43. The Morgan fingerprint density at radius 3 is 2.14 bits per heavy atom. The van der Waals surface area contributed by atoms with Crippen molar-refractivity contribution in [3.05, 3.63) is 60.7 Å². The van der Waals surface area contributed by atoms with Gasteiger partial charge >= 0.3 is 0 Å². The minimum atomic E-state index is -2.55. The highest BCUT2D eigenvalue weighted by atomic mass is 28.4. The van der Waals surface area contributed by atoms with Crippen LogP contribution in [0.25, 0.3) is 0 Å². The minimum Gasteiger partial charge on any atom is -0.406 e. The Labute approximate surface area is 169 Å². The third-order valence-corrected chi connectivity index (χ3v) is 11.7. The molecule has 0 unspecified atom stereocenters. The average Bonchev–Trinajstić information content (AvgIpc) is 3.18. The Morgan fingerprint density at radius 1 is 1.04 bits per heavy atom. The molecule has 0 radical (unpaired) electrons. The molecule has 4 heteroatoms. The lowest BCUT2D eigenvalue weighted by Crippen LogP contribution is -2.68. The summed E-state index contributed by atoms with van der Waals surface area (Å²) in [5.74, 6) is 0. The molecule has 2 aromatic carbocycles. The number of alkyl halides is 1. The minimum absolute atomic E-state index is 0.0382. The lowest BCUT2D eigenvalue weighted by molar-refractivity contribution is 0.107. The smallest absolute Gasteiger partial charge is 0.261 e. The van der Waals surface area contributed by atoms with Crippen molar-refractivity contribution in [2.75, 3.05) is 19.7 Å². The van der Waals surface area contributed by atoms with Gasteiger partial charge in [-0.2, -0.15) is 0 Å². The standard InChI is InChI=1S/C24H32FNOSi/c1-23(2,3)28(21-11-6-4-7-12-21,22-13-8-5-9-14-22)27-19-24-15-10-16-26(24)18-20(25)17-24/h4-9,11-14,20H,10,15-19H2,1-3H3/t20-,24+/m1/s1. The lowest BCUT2D eigenvalue weighted by Gasteiger charge is -2.45. The van der Waals surface area contributed by atoms with E-state index in [-0.39, 0.29) is 10.6 Å². The van der Waals surface area contributed by atoms with Gasteiger partial charge in [0.25, 0.3) is 8.32 Å². The number of benzene rings is 2. The van der Waals surface area contributed by atoms with Crippen LogP contribution in [-0.4, -0.2) is 44.6 Å². The first-order chi connectivity index (χ1) is 13.4. The molecule has 2 aliphatic rings. The van der Waals surface area contributed by atoms with Crippen molar-refractivity contribution in [3.63, 3.8) is 0 Å². The Morgan fingerprint density at radius 2 is 1.61 bits per heavy atom. The van der Waals surface area contributed by atoms with Crippen molar-refractivity contribution < 1.29 is 8.82 Å². The highest BCUT2D eigenvalue weighted by Gasteiger charge is 2.54. The molecule has 4 rings (SSSR count). The number of fused-ring (bicyclic) bond motifs is 1.